The number of pyridine rings is 1. The highest BCUT2D eigenvalue weighted by molar-refractivity contribution is 6.00. The van der Waals surface area contributed by atoms with Gasteiger partial charge >= 0.3 is 0 Å². The zero-order valence-corrected chi connectivity index (χ0v) is 34.2. The van der Waals surface area contributed by atoms with Gasteiger partial charge < -0.3 is 15.1 Å². The summed E-state index contributed by atoms with van der Waals surface area (Å²) in [6.45, 7) is 0.731. The molecule has 0 unspecified atom stereocenters. The predicted octanol–water partition coefficient (Wildman–Crippen LogP) is 15.1. The van der Waals surface area contributed by atoms with Gasteiger partial charge in [-0.1, -0.05) is 164 Å². The van der Waals surface area contributed by atoms with Crippen LogP contribution in [0.1, 0.15) is 22.4 Å². The minimum Gasteiger partial charge on any atom is -0.380 e. The molecule has 0 amide bonds. The Bertz CT molecular complexity index is 3100. The Morgan fingerprint density at radius 3 is 1.45 bits per heavy atom. The third kappa shape index (κ3) is 8.18. The minimum atomic E-state index is 0.731. The van der Waals surface area contributed by atoms with E-state index in [0.717, 1.165) is 74.3 Å². The Hall–Kier alpha value is -8.21. The lowest BCUT2D eigenvalue weighted by Crippen LogP contribution is -2.16. The zero-order valence-electron chi connectivity index (χ0n) is 34.2. The number of dihydropyridines is 1. The van der Waals surface area contributed by atoms with Crippen molar-refractivity contribution < 1.29 is 0 Å². The summed E-state index contributed by atoms with van der Waals surface area (Å²) in [5.41, 5.74) is 13.2. The maximum Gasteiger partial charge on any atom is 0.0867 e. The second-order valence-corrected chi connectivity index (χ2v) is 15.3. The monoisotopic (exact) mass is 796 g/mol. The Kier molecular flexibility index (Phi) is 10.8. The van der Waals surface area contributed by atoms with Crippen LogP contribution in [0, 0.1) is 0 Å². The van der Waals surface area contributed by atoms with E-state index in [1.165, 1.54) is 21.5 Å². The Morgan fingerprint density at radius 2 is 0.887 bits per heavy atom. The Morgan fingerprint density at radius 1 is 0.419 bits per heavy atom. The molecule has 0 radical (unpaired) electrons. The van der Waals surface area contributed by atoms with E-state index in [1.807, 2.05) is 6.20 Å². The van der Waals surface area contributed by atoms with Crippen LogP contribution in [0.15, 0.2) is 236 Å². The Labute approximate surface area is 363 Å². The molecule has 9 aromatic rings. The highest BCUT2D eigenvalue weighted by atomic mass is 15.1. The number of hydrogen-bond donors (Lipinski definition) is 1. The van der Waals surface area contributed by atoms with E-state index in [-0.39, 0.29) is 0 Å². The van der Waals surface area contributed by atoms with E-state index in [4.69, 9.17) is 4.98 Å². The molecule has 0 saturated carbocycles. The third-order valence-electron chi connectivity index (χ3n) is 11.3. The van der Waals surface area contributed by atoms with Gasteiger partial charge in [0, 0.05) is 46.3 Å². The van der Waals surface area contributed by atoms with E-state index in [9.17, 15) is 0 Å². The molecule has 4 heteroatoms. The van der Waals surface area contributed by atoms with E-state index in [0.29, 0.717) is 0 Å². The fraction of sp³-hybridized carbons (Fsp3) is 0.0172. The molecule has 0 bridgehead atoms. The second kappa shape index (κ2) is 17.6. The first-order valence-corrected chi connectivity index (χ1v) is 21.1. The fourth-order valence-electron chi connectivity index (χ4n) is 8.20. The highest BCUT2D eigenvalue weighted by Crippen LogP contribution is 2.40. The summed E-state index contributed by atoms with van der Waals surface area (Å²) < 4.78 is 0. The van der Waals surface area contributed by atoms with Gasteiger partial charge in [0.2, 0.25) is 0 Å². The lowest BCUT2D eigenvalue weighted by Gasteiger charge is -2.27. The maximum atomic E-state index is 4.75. The molecule has 1 aliphatic rings. The first-order valence-electron chi connectivity index (χ1n) is 21.1. The Balaban J connectivity index is 0.847. The second-order valence-electron chi connectivity index (χ2n) is 15.3. The largest absolute Gasteiger partial charge is 0.380 e. The molecule has 2 heterocycles. The van der Waals surface area contributed by atoms with Crippen LogP contribution in [0.4, 0.5) is 34.1 Å². The number of benzene rings is 8. The van der Waals surface area contributed by atoms with Crippen molar-refractivity contribution in [3.8, 4) is 0 Å². The van der Waals surface area contributed by atoms with Crippen LogP contribution in [0.3, 0.4) is 0 Å². The van der Waals surface area contributed by atoms with Crippen molar-refractivity contribution in [3.05, 3.63) is 259 Å². The van der Waals surface area contributed by atoms with Gasteiger partial charge in [0.1, 0.15) is 0 Å². The summed E-state index contributed by atoms with van der Waals surface area (Å²) in [7, 11) is 0. The van der Waals surface area contributed by atoms with Gasteiger partial charge in [-0.3, -0.25) is 4.98 Å². The molecule has 8 aromatic carbocycles. The normalized spacial score (nSPS) is 12.6. The summed E-state index contributed by atoms with van der Waals surface area (Å²) >= 11 is 0. The molecule has 10 rings (SSSR count). The first-order chi connectivity index (χ1) is 30.7. The molecule has 62 heavy (non-hydrogen) atoms. The molecule has 0 spiro atoms. The predicted molar refractivity (Wildman–Crippen MR) is 264 cm³/mol. The highest BCUT2D eigenvalue weighted by Gasteiger charge is 2.16. The molecule has 1 aromatic heterocycles. The topological polar surface area (TPSA) is 31.4 Å². The number of nitrogens with zero attached hydrogens (tertiary/aromatic N) is 3. The molecule has 0 saturated heterocycles. The number of nitrogens with one attached hydrogen (secondary N) is 1. The molecule has 0 aliphatic carbocycles. The fourth-order valence-corrected chi connectivity index (χ4v) is 8.20. The summed E-state index contributed by atoms with van der Waals surface area (Å²) in [4.78, 5) is 9.41. The lowest BCUT2D eigenvalue weighted by atomic mass is 10.0. The lowest BCUT2D eigenvalue weighted by molar-refractivity contribution is 0.974. The summed E-state index contributed by atoms with van der Waals surface area (Å²) in [5.74, 6) is 0. The van der Waals surface area contributed by atoms with Crippen LogP contribution in [0.5, 0.6) is 0 Å². The zero-order chi connectivity index (χ0) is 41.5. The van der Waals surface area contributed by atoms with Gasteiger partial charge in [0.25, 0.3) is 0 Å². The van der Waals surface area contributed by atoms with Crippen LogP contribution in [-0.2, 0) is 0 Å². The van der Waals surface area contributed by atoms with E-state index < -0.39 is 0 Å². The summed E-state index contributed by atoms with van der Waals surface area (Å²) in [6.07, 6.45) is 14.9. The van der Waals surface area contributed by atoms with E-state index >= 15 is 0 Å². The summed E-state index contributed by atoms with van der Waals surface area (Å²) in [6, 6.07) is 73.0. The number of allylic oxidation sites excluding steroid dienone is 3. The van der Waals surface area contributed by atoms with Gasteiger partial charge in [0.05, 0.1) is 22.8 Å². The van der Waals surface area contributed by atoms with Gasteiger partial charge in [-0.05, 0) is 112 Å². The standard InChI is InChI=1S/C58H44N4/c1-3-17-49(18-4-1)61(57-23-11-15-47-13-7-9-21-53(47)57)51-33-29-43(30-34-51)25-27-45-37-39-59-55(41-45)56-42-46(38-40-60-56)28-26-44-31-35-52(36-32-44)62(50-19-5-2-6-20-50)58-24-12-16-48-14-8-10-22-54(48)58/h1-39,41-42,60H,40H2/b27-25+,28-26+. The van der Waals surface area contributed by atoms with Gasteiger partial charge in [0.15, 0.2) is 0 Å². The maximum absolute atomic E-state index is 4.75. The molecular weight excluding hydrogens is 753 g/mol. The average Bonchev–Trinajstić information content (AvgIpc) is 3.35. The number of para-hydroxylation sites is 2. The number of fused-ring (bicyclic) bond motifs is 2. The molecule has 1 aliphatic heterocycles. The third-order valence-corrected chi connectivity index (χ3v) is 11.3. The SMILES string of the molecule is C1=C(/C=C/c2ccc(N(c3ccccc3)c3cccc4ccccc34)cc2)C=C(c2cc(/C=C/c3ccc(N(c4ccccc4)c4cccc5ccccc45)cc3)ccn2)NC1. The van der Waals surface area contributed by atoms with E-state index in [1.54, 1.807) is 0 Å². The van der Waals surface area contributed by atoms with E-state index in [2.05, 4.69) is 258 Å². The van der Waals surface area contributed by atoms with Crippen molar-refractivity contribution in [1.82, 2.24) is 10.3 Å². The van der Waals surface area contributed by atoms with Crippen molar-refractivity contribution >= 4 is 79.6 Å². The van der Waals surface area contributed by atoms with Crippen molar-refractivity contribution in [2.45, 2.75) is 0 Å². The van der Waals surface area contributed by atoms with Crippen molar-refractivity contribution in [1.29, 1.82) is 0 Å². The van der Waals surface area contributed by atoms with Crippen molar-refractivity contribution in [2.75, 3.05) is 16.3 Å². The molecular formula is C58H44N4. The smallest absolute Gasteiger partial charge is 0.0867 e. The van der Waals surface area contributed by atoms with Gasteiger partial charge in [-0.15, -0.1) is 0 Å². The molecule has 296 valence electrons. The number of aromatic nitrogens is 1. The van der Waals surface area contributed by atoms with Crippen molar-refractivity contribution in [3.63, 3.8) is 0 Å². The number of rotatable bonds is 11. The minimum absolute atomic E-state index is 0.731. The van der Waals surface area contributed by atoms with Gasteiger partial charge in [-0.25, -0.2) is 0 Å². The van der Waals surface area contributed by atoms with Crippen LogP contribution in [0.25, 0.3) is 45.5 Å². The van der Waals surface area contributed by atoms with Crippen LogP contribution < -0.4 is 15.1 Å². The van der Waals surface area contributed by atoms with Crippen LogP contribution in [-0.4, -0.2) is 11.5 Å². The molecule has 0 fully saturated rings. The average molecular weight is 797 g/mol. The van der Waals surface area contributed by atoms with Gasteiger partial charge in [-0.2, -0.15) is 0 Å². The summed E-state index contributed by atoms with van der Waals surface area (Å²) in [5, 5.41) is 8.41. The van der Waals surface area contributed by atoms with Crippen LogP contribution >= 0.6 is 0 Å². The number of hydrogen-bond acceptors (Lipinski definition) is 4. The van der Waals surface area contributed by atoms with Crippen molar-refractivity contribution in [2.24, 2.45) is 0 Å². The molecule has 4 nitrogen and oxygen atoms in total. The first kappa shape index (κ1) is 38.0. The van der Waals surface area contributed by atoms with Crippen LogP contribution in [0.2, 0.25) is 0 Å². The number of anilines is 6. The quantitative estimate of drug-likeness (QED) is 0.141. The molecule has 1 N–H and O–H groups in total. The molecule has 0 atom stereocenters.